The number of aryl methyl sites for hydroxylation is 1. The van der Waals surface area contributed by atoms with Gasteiger partial charge in [0, 0.05) is 13.6 Å². The summed E-state index contributed by atoms with van der Waals surface area (Å²) in [6, 6.07) is 10.8. The second-order valence-electron chi connectivity index (χ2n) is 6.43. The van der Waals surface area contributed by atoms with Crippen molar-refractivity contribution in [3.8, 4) is 5.75 Å². The van der Waals surface area contributed by atoms with Crippen molar-refractivity contribution < 1.29 is 18.7 Å². The van der Waals surface area contributed by atoms with Gasteiger partial charge < -0.3 is 15.0 Å². The van der Waals surface area contributed by atoms with Crippen LogP contribution in [0.15, 0.2) is 42.5 Å². The summed E-state index contributed by atoms with van der Waals surface area (Å²) in [6.07, 6.45) is 0. The first kappa shape index (κ1) is 20.4. The summed E-state index contributed by atoms with van der Waals surface area (Å²) in [7, 11) is 1.52. The first-order chi connectivity index (χ1) is 12.8. The smallest absolute Gasteiger partial charge is 0.261 e. The molecule has 0 aliphatic rings. The Kier molecular flexibility index (Phi) is 6.93. The number of nitrogens with one attached hydrogen (secondary N) is 1. The molecular weight excluding hydrogens is 347 g/mol. The molecule has 0 saturated heterocycles. The molecule has 0 aliphatic heterocycles. The summed E-state index contributed by atoms with van der Waals surface area (Å²) in [5.41, 5.74) is 2.77. The van der Waals surface area contributed by atoms with E-state index in [1.807, 2.05) is 32.0 Å². The summed E-state index contributed by atoms with van der Waals surface area (Å²) in [5.74, 6) is -0.319. The fourth-order valence-electron chi connectivity index (χ4n) is 2.68. The third-order valence-electron chi connectivity index (χ3n) is 4.59. The van der Waals surface area contributed by atoms with Crippen LogP contribution in [0.2, 0.25) is 0 Å². The van der Waals surface area contributed by atoms with Gasteiger partial charge in [0.05, 0.1) is 0 Å². The molecule has 2 rings (SSSR count). The molecule has 0 heterocycles. The van der Waals surface area contributed by atoms with E-state index in [0.29, 0.717) is 5.75 Å². The van der Waals surface area contributed by atoms with E-state index in [1.54, 1.807) is 19.1 Å². The number of amides is 2. The van der Waals surface area contributed by atoms with Gasteiger partial charge in [-0.2, -0.15) is 0 Å². The van der Waals surface area contributed by atoms with Crippen molar-refractivity contribution in [2.45, 2.75) is 33.4 Å². The molecule has 1 atom stereocenters. The monoisotopic (exact) mass is 372 g/mol. The summed E-state index contributed by atoms with van der Waals surface area (Å²) < 4.78 is 18.8. The molecule has 2 aromatic carbocycles. The molecule has 0 aromatic heterocycles. The van der Waals surface area contributed by atoms with E-state index >= 15 is 0 Å². The van der Waals surface area contributed by atoms with Crippen molar-refractivity contribution in [3.63, 3.8) is 0 Å². The molecular formula is C21H25FN2O3. The minimum Gasteiger partial charge on any atom is -0.483 e. The fraction of sp³-hybridized carbons (Fsp3) is 0.333. The maximum absolute atomic E-state index is 13.1. The van der Waals surface area contributed by atoms with E-state index in [4.69, 9.17) is 4.74 Å². The molecule has 1 N–H and O–H groups in total. The molecule has 27 heavy (non-hydrogen) atoms. The Morgan fingerprint density at radius 2 is 1.81 bits per heavy atom. The molecule has 1 unspecified atom stereocenters. The molecule has 0 spiro atoms. The van der Waals surface area contributed by atoms with Crippen LogP contribution in [-0.4, -0.2) is 36.4 Å². The molecule has 2 amide bonds. The number of benzene rings is 2. The van der Waals surface area contributed by atoms with Crippen LogP contribution in [0.4, 0.5) is 4.39 Å². The zero-order valence-corrected chi connectivity index (χ0v) is 16.1. The van der Waals surface area contributed by atoms with Gasteiger partial charge in [0.25, 0.3) is 5.91 Å². The number of hydrogen-bond donors (Lipinski definition) is 1. The Bertz CT molecular complexity index is 806. The lowest BCUT2D eigenvalue weighted by atomic mass is 10.1. The molecule has 5 nitrogen and oxygen atoms in total. The predicted molar refractivity (Wildman–Crippen MR) is 102 cm³/mol. The maximum atomic E-state index is 13.1. The fourth-order valence-corrected chi connectivity index (χ4v) is 2.68. The van der Waals surface area contributed by atoms with Gasteiger partial charge in [0.2, 0.25) is 5.91 Å². The normalized spacial score (nSPS) is 11.6. The first-order valence-electron chi connectivity index (χ1n) is 8.78. The Morgan fingerprint density at radius 1 is 1.15 bits per heavy atom. The summed E-state index contributed by atoms with van der Waals surface area (Å²) in [6.45, 7) is 5.55. The molecule has 144 valence electrons. The number of carbonyl (C=O) groups is 2. The van der Waals surface area contributed by atoms with Crippen molar-refractivity contribution in [3.05, 3.63) is 65.0 Å². The molecule has 0 radical (unpaired) electrons. The number of rotatable bonds is 7. The SMILES string of the molecule is CNC(=O)C(C)N(Cc1ccc(F)cc1)C(=O)COc1cccc(C)c1C. The lowest BCUT2D eigenvalue weighted by Gasteiger charge is -2.28. The van der Waals surface area contributed by atoms with E-state index in [9.17, 15) is 14.0 Å². The Hall–Kier alpha value is -2.89. The quantitative estimate of drug-likeness (QED) is 0.813. The van der Waals surface area contributed by atoms with Gasteiger partial charge in [-0.3, -0.25) is 9.59 Å². The third kappa shape index (κ3) is 5.29. The Balaban J connectivity index is 2.15. The van der Waals surface area contributed by atoms with Crippen molar-refractivity contribution in [1.82, 2.24) is 10.2 Å². The number of ether oxygens (including phenoxy) is 1. The molecule has 6 heteroatoms. The highest BCUT2D eigenvalue weighted by atomic mass is 19.1. The minimum absolute atomic E-state index is 0.184. The number of carbonyl (C=O) groups excluding carboxylic acids is 2. The van der Waals surface area contributed by atoms with Gasteiger partial charge in [0.15, 0.2) is 6.61 Å². The Labute approximate surface area is 159 Å². The second-order valence-corrected chi connectivity index (χ2v) is 6.43. The molecule has 0 saturated carbocycles. The van der Waals surface area contributed by atoms with E-state index in [0.717, 1.165) is 16.7 Å². The molecule has 2 aromatic rings. The first-order valence-corrected chi connectivity index (χ1v) is 8.78. The highest BCUT2D eigenvalue weighted by molar-refractivity contribution is 5.87. The van der Waals surface area contributed by atoms with Gasteiger partial charge in [-0.15, -0.1) is 0 Å². The van der Waals surface area contributed by atoms with Crippen LogP contribution in [0.1, 0.15) is 23.6 Å². The maximum Gasteiger partial charge on any atom is 0.261 e. The number of nitrogens with zero attached hydrogens (tertiary/aromatic N) is 1. The van der Waals surface area contributed by atoms with Gasteiger partial charge in [0.1, 0.15) is 17.6 Å². The van der Waals surface area contributed by atoms with Crippen LogP contribution in [0.5, 0.6) is 5.75 Å². The number of likely N-dealkylation sites (N-methyl/N-ethyl adjacent to an activating group) is 1. The average molecular weight is 372 g/mol. The zero-order chi connectivity index (χ0) is 20.0. The van der Waals surface area contributed by atoms with Crippen LogP contribution < -0.4 is 10.1 Å². The van der Waals surface area contributed by atoms with E-state index in [-0.39, 0.29) is 30.8 Å². The standard InChI is InChI=1S/C21H25FN2O3/c1-14-6-5-7-19(15(14)2)27-13-20(25)24(16(3)21(26)23-4)12-17-8-10-18(22)11-9-17/h5-11,16H,12-13H2,1-4H3,(H,23,26). The zero-order valence-electron chi connectivity index (χ0n) is 16.1. The van der Waals surface area contributed by atoms with Gasteiger partial charge >= 0.3 is 0 Å². The summed E-state index contributed by atoms with van der Waals surface area (Å²) in [4.78, 5) is 26.3. The minimum atomic E-state index is -0.685. The van der Waals surface area contributed by atoms with Crippen molar-refractivity contribution in [2.24, 2.45) is 0 Å². The van der Waals surface area contributed by atoms with Crippen LogP contribution in [0.25, 0.3) is 0 Å². The van der Waals surface area contributed by atoms with Gasteiger partial charge in [-0.25, -0.2) is 4.39 Å². The van der Waals surface area contributed by atoms with E-state index < -0.39 is 6.04 Å². The van der Waals surface area contributed by atoms with Crippen LogP contribution in [-0.2, 0) is 16.1 Å². The highest BCUT2D eigenvalue weighted by Crippen LogP contribution is 2.21. The highest BCUT2D eigenvalue weighted by Gasteiger charge is 2.26. The summed E-state index contributed by atoms with van der Waals surface area (Å²) >= 11 is 0. The molecule has 0 bridgehead atoms. The number of hydrogen-bond acceptors (Lipinski definition) is 3. The lowest BCUT2D eigenvalue weighted by Crippen LogP contribution is -2.48. The average Bonchev–Trinajstić information content (AvgIpc) is 2.67. The van der Waals surface area contributed by atoms with Crippen molar-refractivity contribution in [2.75, 3.05) is 13.7 Å². The Morgan fingerprint density at radius 3 is 2.44 bits per heavy atom. The molecule has 0 fully saturated rings. The van der Waals surface area contributed by atoms with Crippen LogP contribution >= 0.6 is 0 Å². The predicted octanol–water partition coefficient (Wildman–Crippen LogP) is 2.98. The second kappa shape index (κ2) is 9.16. The van der Waals surface area contributed by atoms with Crippen LogP contribution in [0, 0.1) is 19.7 Å². The summed E-state index contributed by atoms with van der Waals surface area (Å²) in [5, 5.41) is 2.55. The van der Waals surface area contributed by atoms with E-state index in [2.05, 4.69) is 5.32 Å². The largest absolute Gasteiger partial charge is 0.483 e. The van der Waals surface area contributed by atoms with Gasteiger partial charge in [-0.05, 0) is 55.7 Å². The van der Waals surface area contributed by atoms with Crippen LogP contribution in [0.3, 0.4) is 0 Å². The van der Waals surface area contributed by atoms with Crippen molar-refractivity contribution in [1.29, 1.82) is 0 Å². The van der Waals surface area contributed by atoms with Crippen molar-refractivity contribution >= 4 is 11.8 Å². The topological polar surface area (TPSA) is 58.6 Å². The van der Waals surface area contributed by atoms with Gasteiger partial charge in [-0.1, -0.05) is 24.3 Å². The van der Waals surface area contributed by atoms with E-state index in [1.165, 1.54) is 24.1 Å². The third-order valence-corrected chi connectivity index (χ3v) is 4.59. The lowest BCUT2D eigenvalue weighted by molar-refractivity contribution is -0.142. The number of halogens is 1. The molecule has 0 aliphatic carbocycles.